The van der Waals surface area contributed by atoms with Crippen LogP contribution in [0.4, 0.5) is 0 Å². The van der Waals surface area contributed by atoms with Crippen LogP contribution in [0, 0.1) is 0 Å². The van der Waals surface area contributed by atoms with E-state index in [1.165, 1.54) is 13.8 Å². The maximum atomic E-state index is 10.8. The molecule has 0 unspecified atom stereocenters. The van der Waals surface area contributed by atoms with Crippen LogP contribution in [0.5, 0.6) is 0 Å². The van der Waals surface area contributed by atoms with E-state index in [0.717, 1.165) is 22.3 Å². The number of amidine groups is 2. The number of carbonyl (C=O) groups is 2. The van der Waals surface area contributed by atoms with E-state index in [1.807, 2.05) is 72.8 Å². The van der Waals surface area contributed by atoms with Gasteiger partial charge in [-0.1, -0.05) is 83.1 Å². The van der Waals surface area contributed by atoms with Gasteiger partial charge in [-0.3, -0.25) is 0 Å². The van der Waals surface area contributed by atoms with Gasteiger partial charge in [0.15, 0.2) is 11.7 Å². The molecule has 3 aromatic carbocycles. The highest BCUT2D eigenvalue weighted by Gasteiger charge is 2.05. The van der Waals surface area contributed by atoms with Crippen LogP contribution in [-0.4, -0.2) is 23.6 Å². The van der Waals surface area contributed by atoms with E-state index < -0.39 is 11.9 Å². The molecule has 0 aromatic heterocycles. The molecule has 0 saturated carbocycles. The van der Waals surface area contributed by atoms with Gasteiger partial charge >= 0.3 is 11.9 Å². The normalized spacial score (nSPS) is 11.7. The van der Waals surface area contributed by atoms with Crippen molar-refractivity contribution in [3.05, 3.63) is 83.9 Å². The van der Waals surface area contributed by atoms with E-state index in [0.29, 0.717) is 11.1 Å². The number of carbonyl (C=O) groups excluding carboxylic acids is 2. The minimum absolute atomic E-state index is 0.129. The van der Waals surface area contributed by atoms with Crippen molar-refractivity contribution in [3.63, 3.8) is 0 Å². The fourth-order valence-corrected chi connectivity index (χ4v) is 2.85. The zero-order chi connectivity index (χ0) is 23.1. The topological polar surface area (TPSA) is 129 Å². The van der Waals surface area contributed by atoms with Crippen molar-refractivity contribution in [1.29, 1.82) is 0 Å². The molecule has 0 bridgehead atoms. The molecule has 0 fully saturated rings. The quantitative estimate of drug-likeness (QED) is 0.267. The first kappa shape index (κ1) is 22.2. The summed E-state index contributed by atoms with van der Waals surface area (Å²) in [5, 5.41) is 7.17. The van der Waals surface area contributed by atoms with Gasteiger partial charge < -0.3 is 21.1 Å². The highest BCUT2D eigenvalue weighted by atomic mass is 16.7. The Morgan fingerprint density at radius 1 is 0.562 bits per heavy atom. The monoisotopic (exact) mass is 430 g/mol. The lowest BCUT2D eigenvalue weighted by atomic mass is 9.99. The van der Waals surface area contributed by atoms with Gasteiger partial charge in [-0.2, -0.15) is 0 Å². The summed E-state index contributed by atoms with van der Waals surface area (Å²) in [5.41, 5.74) is 17.0. The Kier molecular flexibility index (Phi) is 6.97. The molecule has 0 atom stereocenters. The zero-order valence-electron chi connectivity index (χ0n) is 17.6. The summed E-state index contributed by atoms with van der Waals surface area (Å²) in [5.74, 6) is -0.802. The Hall–Kier alpha value is -4.46. The molecule has 32 heavy (non-hydrogen) atoms. The zero-order valence-corrected chi connectivity index (χ0v) is 17.6. The van der Waals surface area contributed by atoms with Gasteiger partial charge in [0.05, 0.1) is 0 Å². The predicted molar refractivity (Wildman–Crippen MR) is 122 cm³/mol. The first-order valence-electron chi connectivity index (χ1n) is 9.67. The molecule has 0 amide bonds. The fraction of sp³-hybridized carbons (Fsp3) is 0.0833. The standard InChI is InChI=1S/C24H22N4O4/c1-15(29)31-27-23(25)21-11-7-19(8-12-21)17-3-5-18(6-4-17)20-9-13-22(14-10-20)24(26)28-32-16(2)30/h3-14H,1-2H3,(H2,25,27)(H2,26,28). The van der Waals surface area contributed by atoms with Gasteiger partial charge in [-0.05, 0) is 22.3 Å². The molecule has 0 heterocycles. The third kappa shape index (κ3) is 5.79. The van der Waals surface area contributed by atoms with Gasteiger partial charge in [0.25, 0.3) is 0 Å². The summed E-state index contributed by atoms with van der Waals surface area (Å²) < 4.78 is 0. The van der Waals surface area contributed by atoms with Crippen molar-refractivity contribution < 1.29 is 19.3 Å². The molecule has 8 heteroatoms. The highest BCUT2D eigenvalue weighted by molar-refractivity contribution is 5.98. The molecule has 0 spiro atoms. The molecule has 8 nitrogen and oxygen atoms in total. The lowest BCUT2D eigenvalue weighted by Crippen LogP contribution is -2.14. The molecule has 3 aromatic rings. The van der Waals surface area contributed by atoms with Gasteiger partial charge in [0.1, 0.15) is 0 Å². The van der Waals surface area contributed by atoms with E-state index in [4.69, 9.17) is 11.5 Å². The summed E-state index contributed by atoms with van der Waals surface area (Å²) in [6, 6.07) is 23.0. The van der Waals surface area contributed by atoms with E-state index in [1.54, 1.807) is 0 Å². The van der Waals surface area contributed by atoms with Crippen molar-refractivity contribution in [2.75, 3.05) is 0 Å². The van der Waals surface area contributed by atoms with Crippen LogP contribution in [0.1, 0.15) is 25.0 Å². The lowest BCUT2D eigenvalue weighted by Gasteiger charge is -2.07. The number of rotatable bonds is 6. The van der Waals surface area contributed by atoms with Crippen LogP contribution in [0.15, 0.2) is 83.1 Å². The maximum Gasteiger partial charge on any atom is 0.332 e. The van der Waals surface area contributed by atoms with Gasteiger partial charge in [-0.15, -0.1) is 0 Å². The first-order valence-corrected chi connectivity index (χ1v) is 9.67. The number of nitrogens with zero attached hydrogens (tertiary/aromatic N) is 2. The Labute approximate surface area is 185 Å². The summed E-state index contributed by atoms with van der Waals surface area (Å²) >= 11 is 0. The average Bonchev–Trinajstić information content (AvgIpc) is 2.81. The third-order valence-corrected chi connectivity index (χ3v) is 4.46. The Balaban J connectivity index is 1.72. The SMILES string of the molecule is CC(=O)ON=C(N)c1ccc(-c2ccc(-c3ccc(C(N)=NOC(C)=O)cc3)cc2)cc1. The van der Waals surface area contributed by atoms with Gasteiger partial charge in [-0.25, -0.2) is 9.59 Å². The summed E-state index contributed by atoms with van der Waals surface area (Å²) in [4.78, 5) is 30.8. The number of hydrogen-bond acceptors (Lipinski definition) is 6. The largest absolute Gasteiger partial charge is 0.380 e. The Bertz CT molecular complexity index is 1070. The van der Waals surface area contributed by atoms with Crippen molar-refractivity contribution in [1.82, 2.24) is 0 Å². The van der Waals surface area contributed by atoms with Gasteiger partial charge in [0.2, 0.25) is 0 Å². The van der Waals surface area contributed by atoms with Crippen LogP contribution in [-0.2, 0) is 19.3 Å². The van der Waals surface area contributed by atoms with Crippen LogP contribution in [0.25, 0.3) is 22.3 Å². The summed E-state index contributed by atoms with van der Waals surface area (Å²) in [6.45, 7) is 2.51. The smallest absolute Gasteiger partial charge is 0.332 e. The van der Waals surface area contributed by atoms with E-state index in [9.17, 15) is 9.59 Å². The summed E-state index contributed by atoms with van der Waals surface area (Å²) in [7, 11) is 0. The minimum Gasteiger partial charge on any atom is -0.380 e. The first-order chi connectivity index (χ1) is 15.3. The van der Waals surface area contributed by atoms with Gasteiger partial charge in [0, 0.05) is 25.0 Å². The Morgan fingerprint density at radius 3 is 1.06 bits per heavy atom. The second kappa shape index (κ2) is 10.0. The number of hydrogen-bond donors (Lipinski definition) is 2. The third-order valence-electron chi connectivity index (χ3n) is 4.46. The van der Waals surface area contributed by atoms with E-state index in [2.05, 4.69) is 20.0 Å². The molecular formula is C24H22N4O4. The number of nitrogens with two attached hydrogens (primary N) is 2. The van der Waals surface area contributed by atoms with E-state index in [-0.39, 0.29) is 11.7 Å². The second-order valence-electron chi connectivity index (χ2n) is 6.85. The lowest BCUT2D eigenvalue weighted by molar-refractivity contribution is -0.141. The number of benzene rings is 3. The molecule has 0 aliphatic carbocycles. The van der Waals surface area contributed by atoms with Crippen molar-refractivity contribution in [3.8, 4) is 22.3 Å². The molecule has 4 N–H and O–H groups in total. The maximum absolute atomic E-state index is 10.8. The molecule has 0 saturated heterocycles. The van der Waals surface area contributed by atoms with E-state index >= 15 is 0 Å². The van der Waals surface area contributed by atoms with Crippen molar-refractivity contribution >= 4 is 23.6 Å². The van der Waals surface area contributed by atoms with Crippen LogP contribution in [0.2, 0.25) is 0 Å². The molecule has 0 aliphatic heterocycles. The molecule has 0 radical (unpaired) electrons. The van der Waals surface area contributed by atoms with Crippen LogP contribution >= 0.6 is 0 Å². The molecule has 0 aliphatic rings. The minimum atomic E-state index is -0.530. The predicted octanol–water partition coefficient (Wildman–Crippen LogP) is 3.39. The second-order valence-corrected chi connectivity index (χ2v) is 6.85. The highest BCUT2D eigenvalue weighted by Crippen LogP contribution is 2.25. The van der Waals surface area contributed by atoms with Crippen molar-refractivity contribution in [2.24, 2.45) is 21.8 Å². The van der Waals surface area contributed by atoms with Crippen LogP contribution < -0.4 is 11.5 Å². The molecular weight excluding hydrogens is 408 g/mol. The van der Waals surface area contributed by atoms with Crippen LogP contribution in [0.3, 0.4) is 0 Å². The molecule has 162 valence electrons. The summed E-state index contributed by atoms with van der Waals surface area (Å²) in [6.07, 6.45) is 0. The average molecular weight is 430 g/mol. The fourth-order valence-electron chi connectivity index (χ4n) is 2.85. The number of oxime groups is 2. The molecule has 3 rings (SSSR count). The van der Waals surface area contributed by atoms with Crippen molar-refractivity contribution in [2.45, 2.75) is 13.8 Å². The Morgan fingerprint density at radius 2 is 0.812 bits per heavy atom.